The van der Waals surface area contributed by atoms with Gasteiger partial charge in [-0.1, -0.05) is 31.4 Å². The lowest BCUT2D eigenvalue weighted by molar-refractivity contribution is -0.142. The van der Waals surface area contributed by atoms with Crippen molar-refractivity contribution in [2.45, 2.75) is 76.4 Å². The Morgan fingerprint density at radius 3 is 2.15 bits per heavy atom. The molecule has 2 fully saturated rings. The van der Waals surface area contributed by atoms with Gasteiger partial charge in [0.15, 0.2) is 0 Å². The van der Waals surface area contributed by atoms with Crippen LogP contribution in [0.3, 0.4) is 0 Å². The highest BCUT2D eigenvalue weighted by atomic mass is 19.4. The molecule has 0 amide bonds. The van der Waals surface area contributed by atoms with Crippen molar-refractivity contribution >= 4 is 11.9 Å². The van der Waals surface area contributed by atoms with Gasteiger partial charge in [0.25, 0.3) is 0 Å². The zero-order valence-electron chi connectivity index (χ0n) is 22.4. The normalized spacial score (nSPS) is 16.9. The average molecular weight is 574 g/mol. The summed E-state index contributed by atoms with van der Waals surface area (Å²) in [5.41, 5.74) is -1.63. The van der Waals surface area contributed by atoms with E-state index in [0.717, 1.165) is 5.56 Å². The Morgan fingerprint density at radius 2 is 1.60 bits per heavy atom. The molecular weight excluding hydrogens is 540 g/mol. The number of likely N-dealkylation sites (tertiary alicyclic amines) is 1. The summed E-state index contributed by atoms with van der Waals surface area (Å²) < 4.78 is 90.3. The first kappa shape index (κ1) is 31.4. The van der Waals surface area contributed by atoms with Gasteiger partial charge in [0.05, 0.1) is 23.8 Å². The third kappa shape index (κ3) is 9.25. The van der Waals surface area contributed by atoms with Gasteiger partial charge in [-0.3, -0.25) is 9.69 Å². The molecule has 0 N–H and O–H groups in total. The molecule has 0 radical (unpaired) electrons. The van der Waals surface area contributed by atoms with Gasteiger partial charge in [-0.05, 0) is 67.6 Å². The number of carbonyl (C=O) groups is 2. The molecule has 1 heterocycles. The van der Waals surface area contributed by atoms with Gasteiger partial charge in [-0.25, -0.2) is 4.79 Å². The van der Waals surface area contributed by atoms with E-state index < -0.39 is 47.2 Å². The van der Waals surface area contributed by atoms with Crippen LogP contribution < -0.4 is 0 Å². The van der Waals surface area contributed by atoms with Crippen molar-refractivity contribution in [3.63, 3.8) is 0 Å². The van der Waals surface area contributed by atoms with Crippen molar-refractivity contribution in [1.82, 2.24) is 4.90 Å². The molecule has 40 heavy (non-hydrogen) atoms. The summed E-state index contributed by atoms with van der Waals surface area (Å²) in [5.74, 6) is -0.940. The molecule has 5 nitrogen and oxygen atoms in total. The summed E-state index contributed by atoms with van der Waals surface area (Å²) in [6.07, 6.45) is -4.37. The van der Waals surface area contributed by atoms with Gasteiger partial charge in [-0.2, -0.15) is 26.3 Å². The van der Waals surface area contributed by atoms with Crippen LogP contribution in [-0.2, 0) is 33.0 Å². The third-order valence-corrected chi connectivity index (χ3v) is 6.79. The molecule has 1 aliphatic carbocycles. The van der Waals surface area contributed by atoms with Crippen LogP contribution >= 0.6 is 0 Å². The maximum absolute atomic E-state index is 13.5. The van der Waals surface area contributed by atoms with Crippen LogP contribution in [0.1, 0.15) is 84.1 Å². The minimum atomic E-state index is -4.80. The molecule has 11 heteroatoms. The molecule has 2 aromatic carbocycles. The fourth-order valence-corrected chi connectivity index (χ4v) is 4.34. The summed E-state index contributed by atoms with van der Waals surface area (Å²) >= 11 is 0. The second-order valence-corrected chi connectivity index (χ2v) is 9.95. The van der Waals surface area contributed by atoms with Gasteiger partial charge in [0, 0.05) is 25.6 Å². The maximum Gasteiger partial charge on any atom is 0.416 e. The second kappa shape index (κ2) is 13.5. The number of carbonyl (C=O) groups excluding carboxylic acids is 2. The summed E-state index contributed by atoms with van der Waals surface area (Å²) in [4.78, 5) is 25.6. The first-order valence-corrected chi connectivity index (χ1v) is 13.2. The van der Waals surface area contributed by atoms with Gasteiger partial charge in [0.2, 0.25) is 0 Å². The maximum atomic E-state index is 13.5. The number of halogens is 6. The molecule has 0 aromatic heterocycles. The van der Waals surface area contributed by atoms with E-state index in [9.17, 15) is 35.9 Å². The Labute approximate surface area is 229 Å². The van der Waals surface area contributed by atoms with Crippen molar-refractivity contribution in [3.05, 3.63) is 70.3 Å². The zero-order chi connectivity index (χ0) is 29.5. The van der Waals surface area contributed by atoms with Crippen LogP contribution in [0.25, 0.3) is 0 Å². The third-order valence-electron chi connectivity index (χ3n) is 6.79. The molecular formula is C29H33F6NO4. The van der Waals surface area contributed by atoms with Crippen LogP contribution in [0, 0.1) is 0 Å². The molecule has 0 bridgehead atoms. The highest BCUT2D eigenvalue weighted by molar-refractivity contribution is 5.89. The van der Waals surface area contributed by atoms with E-state index in [1.165, 1.54) is 33.3 Å². The van der Waals surface area contributed by atoms with Gasteiger partial charge in [0.1, 0.15) is 6.10 Å². The largest absolute Gasteiger partial charge is 0.469 e. The van der Waals surface area contributed by atoms with Crippen molar-refractivity contribution in [2.75, 3.05) is 20.2 Å². The van der Waals surface area contributed by atoms with Gasteiger partial charge < -0.3 is 9.47 Å². The predicted molar refractivity (Wildman–Crippen MR) is 136 cm³/mol. The lowest BCUT2D eigenvalue weighted by atomic mass is 9.95. The van der Waals surface area contributed by atoms with E-state index >= 15 is 0 Å². The Bertz CT molecular complexity index is 1150. The number of esters is 2. The monoisotopic (exact) mass is 573 g/mol. The summed E-state index contributed by atoms with van der Waals surface area (Å²) in [7, 11) is 1.29. The van der Waals surface area contributed by atoms with Gasteiger partial charge in [-0.15, -0.1) is 0 Å². The van der Waals surface area contributed by atoms with Crippen molar-refractivity contribution in [1.29, 1.82) is 0 Å². The Morgan fingerprint density at radius 1 is 0.950 bits per heavy atom. The van der Waals surface area contributed by atoms with Crippen molar-refractivity contribution in [2.24, 2.45) is 0 Å². The van der Waals surface area contributed by atoms with Crippen LogP contribution in [0.4, 0.5) is 26.3 Å². The number of methoxy groups -OCH3 is 1. The summed E-state index contributed by atoms with van der Waals surface area (Å²) in [6.45, 7) is 1.93. The fraction of sp³-hybridized carbons (Fsp3) is 0.517. The topological polar surface area (TPSA) is 55.8 Å². The zero-order valence-corrected chi connectivity index (χ0v) is 22.4. The van der Waals surface area contributed by atoms with E-state index in [2.05, 4.69) is 4.74 Å². The number of aryl methyl sites for hydroxylation is 1. The molecule has 1 unspecified atom stereocenters. The fourth-order valence-electron chi connectivity index (χ4n) is 4.34. The molecule has 1 saturated heterocycles. The van der Waals surface area contributed by atoms with E-state index in [1.54, 1.807) is 29.2 Å². The van der Waals surface area contributed by atoms with Crippen molar-refractivity contribution < 1.29 is 45.4 Å². The first-order valence-electron chi connectivity index (χ1n) is 13.2. The molecule has 2 aromatic rings. The number of benzene rings is 2. The number of ether oxygens (including phenoxy) is 2. The molecule has 4 rings (SSSR count). The van der Waals surface area contributed by atoms with E-state index in [0.29, 0.717) is 43.0 Å². The molecule has 220 valence electrons. The van der Waals surface area contributed by atoms with Crippen LogP contribution in [0.2, 0.25) is 0 Å². The first-order chi connectivity index (χ1) is 18.8. The highest BCUT2D eigenvalue weighted by Gasteiger charge is 2.39. The van der Waals surface area contributed by atoms with E-state index in [4.69, 9.17) is 4.74 Å². The quantitative estimate of drug-likeness (QED) is 0.256. The Balaban J connectivity index is 0.00000137. The molecule has 1 saturated carbocycles. The molecule has 0 spiro atoms. The standard InChI is InChI=1S/C26H27F6NO4.C3H6/c1-16(21-15-19(25(27,28)29)7-8-22(21)26(30,31)32)33-12-10-20(11-13-33)37-24(35)18-5-3-4-17(14-18)6-9-23(34)36-2;1-2-3-1/h3-5,7-8,14-16,20H,6,9-13H2,1-2H3;1-3H2. The van der Waals surface area contributed by atoms with Crippen LogP contribution in [0.15, 0.2) is 42.5 Å². The SMILES string of the molecule is C1CC1.COC(=O)CCc1cccc(C(=O)OC2CCN(C(C)c3cc(C(F)(F)F)ccc3C(F)(F)F)CC2)c1. The number of alkyl halides is 6. The number of nitrogens with zero attached hydrogens (tertiary/aromatic N) is 1. The van der Waals surface area contributed by atoms with Crippen molar-refractivity contribution in [3.8, 4) is 0 Å². The molecule has 1 aliphatic heterocycles. The highest BCUT2D eigenvalue weighted by Crippen LogP contribution is 2.40. The average Bonchev–Trinajstić information content (AvgIpc) is 3.80. The summed E-state index contributed by atoms with van der Waals surface area (Å²) in [6, 6.07) is 7.18. The summed E-state index contributed by atoms with van der Waals surface area (Å²) in [5, 5.41) is 0. The Hall–Kier alpha value is -3.08. The predicted octanol–water partition coefficient (Wildman–Crippen LogP) is 7.38. The number of hydrogen-bond donors (Lipinski definition) is 0. The second-order valence-electron chi connectivity index (χ2n) is 9.95. The van der Waals surface area contributed by atoms with E-state index in [-0.39, 0.29) is 25.5 Å². The number of piperidine rings is 1. The molecule has 1 atom stereocenters. The smallest absolute Gasteiger partial charge is 0.416 e. The Kier molecular flexibility index (Phi) is 10.6. The molecule has 2 aliphatic rings. The number of hydrogen-bond acceptors (Lipinski definition) is 5. The van der Waals surface area contributed by atoms with Crippen LogP contribution in [0.5, 0.6) is 0 Å². The minimum Gasteiger partial charge on any atom is -0.469 e. The van der Waals surface area contributed by atoms with Gasteiger partial charge >= 0.3 is 24.3 Å². The minimum absolute atomic E-state index is 0.160. The van der Waals surface area contributed by atoms with Crippen LogP contribution in [-0.4, -0.2) is 43.1 Å². The number of rotatable bonds is 7. The van der Waals surface area contributed by atoms with E-state index in [1.807, 2.05) is 0 Å². The lowest BCUT2D eigenvalue weighted by Crippen LogP contribution is -2.39. The lowest BCUT2D eigenvalue weighted by Gasteiger charge is -2.37.